The normalized spacial score (nSPS) is 12.2. The summed E-state index contributed by atoms with van der Waals surface area (Å²) >= 11 is 7.97. The first-order valence-electron chi connectivity index (χ1n) is 5.45. The zero-order valence-electron chi connectivity index (χ0n) is 9.54. The second kappa shape index (κ2) is 7.18. The van der Waals surface area contributed by atoms with Crippen molar-refractivity contribution in [2.24, 2.45) is 0 Å². The highest BCUT2D eigenvalue weighted by Gasteiger charge is 2.14. The molecule has 0 radical (unpaired) electrons. The molecule has 0 aromatic heterocycles. The van der Waals surface area contributed by atoms with Gasteiger partial charge in [0.1, 0.15) is 0 Å². The number of benzene rings is 1. The molecule has 0 heterocycles. The van der Waals surface area contributed by atoms with Gasteiger partial charge in [-0.3, -0.25) is 4.79 Å². The fourth-order valence-electron chi connectivity index (χ4n) is 1.47. The highest BCUT2D eigenvalue weighted by atomic mass is 127. The van der Waals surface area contributed by atoms with Crippen LogP contribution in [0.5, 0.6) is 0 Å². The summed E-state index contributed by atoms with van der Waals surface area (Å²) in [4.78, 5) is 12.0. The predicted molar refractivity (Wildman–Crippen MR) is 77.4 cm³/mol. The SMILES string of the molecule is CCC(CCO)NC(=O)c1cc(Cl)ccc1I. The number of carbonyl (C=O) groups excluding carboxylic acids is 1. The van der Waals surface area contributed by atoms with E-state index in [1.807, 2.05) is 13.0 Å². The lowest BCUT2D eigenvalue weighted by Crippen LogP contribution is -2.35. The number of halogens is 2. The number of amides is 1. The molecule has 0 saturated heterocycles. The summed E-state index contributed by atoms with van der Waals surface area (Å²) in [6.45, 7) is 2.05. The van der Waals surface area contributed by atoms with E-state index < -0.39 is 0 Å². The van der Waals surface area contributed by atoms with Crippen LogP contribution >= 0.6 is 34.2 Å². The van der Waals surface area contributed by atoms with E-state index in [-0.39, 0.29) is 18.6 Å². The first-order chi connectivity index (χ1) is 8.08. The summed E-state index contributed by atoms with van der Waals surface area (Å²) < 4.78 is 0.864. The van der Waals surface area contributed by atoms with Crippen molar-refractivity contribution >= 4 is 40.1 Å². The molecule has 1 aromatic rings. The standard InChI is InChI=1S/C12H15ClINO2/c1-2-9(5-6-16)15-12(17)10-7-8(13)3-4-11(10)14/h3-4,7,9,16H,2,5-6H2,1H3,(H,15,17). The first-order valence-corrected chi connectivity index (χ1v) is 6.91. The highest BCUT2D eigenvalue weighted by molar-refractivity contribution is 14.1. The van der Waals surface area contributed by atoms with E-state index in [4.69, 9.17) is 16.7 Å². The Hall–Kier alpha value is -0.330. The third-order valence-corrected chi connectivity index (χ3v) is 3.65. The highest BCUT2D eigenvalue weighted by Crippen LogP contribution is 2.18. The van der Waals surface area contributed by atoms with Crippen molar-refractivity contribution in [2.75, 3.05) is 6.61 Å². The third-order valence-electron chi connectivity index (χ3n) is 2.48. The molecule has 0 aliphatic rings. The molecule has 0 aliphatic carbocycles. The van der Waals surface area contributed by atoms with E-state index >= 15 is 0 Å². The van der Waals surface area contributed by atoms with Gasteiger partial charge in [-0.25, -0.2) is 0 Å². The van der Waals surface area contributed by atoms with Gasteiger partial charge in [0.15, 0.2) is 0 Å². The molecule has 0 spiro atoms. The van der Waals surface area contributed by atoms with Crippen LogP contribution in [0.2, 0.25) is 5.02 Å². The van der Waals surface area contributed by atoms with Crippen molar-refractivity contribution < 1.29 is 9.90 Å². The summed E-state index contributed by atoms with van der Waals surface area (Å²) in [5.41, 5.74) is 0.578. The molecule has 1 amide bonds. The molecule has 1 atom stereocenters. The van der Waals surface area contributed by atoms with E-state index in [0.29, 0.717) is 17.0 Å². The van der Waals surface area contributed by atoms with Crippen LogP contribution in [0.15, 0.2) is 18.2 Å². The van der Waals surface area contributed by atoms with Crippen molar-refractivity contribution in [3.63, 3.8) is 0 Å². The van der Waals surface area contributed by atoms with Crippen LogP contribution in [0, 0.1) is 3.57 Å². The molecule has 5 heteroatoms. The second-order valence-electron chi connectivity index (χ2n) is 3.72. The number of carbonyl (C=O) groups is 1. The molecular weight excluding hydrogens is 352 g/mol. The predicted octanol–water partition coefficient (Wildman–Crippen LogP) is 2.84. The van der Waals surface area contributed by atoms with E-state index in [1.165, 1.54) is 0 Å². The zero-order chi connectivity index (χ0) is 12.8. The lowest BCUT2D eigenvalue weighted by molar-refractivity contribution is 0.0928. The van der Waals surface area contributed by atoms with E-state index in [0.717, 1.165) is 9.99 Å². The number of nitrogens with one attached hydrogen (secondary N) is 1. The largest absolute Gasteiger partial charge is 0.396 e. The Labute approximate surface area is 120 Å². The van der Waals surface area contributed by atoms with E-state index in [1.54, 1.807) is 12.1 Å². The molecule has 0 aliphatic heterocycles. The maximum Gasteiger partial charge on any atom is 0.252 e. The summed E-state index contributed by atoms with van der Waals surface area (Å²) in [7, 11) is 0. The fraction of sp³-hybridized carbons (Fsp3) is 0.417. The zero-order valence-corrected chi connectivity index (χ0v) is 12.5. The molecule has 0 fully saturated rings. The topological polar surface area (TPSA) is 49.3 Å². The van der Waals surface area contributed by atoms with Crippen LogP contribution in [0.1, 0.15) is 30.1 Å². The average molecular weight is 368 g/mol. The Morgan fingerprint density at radius 1 is 1.59 bits per heavy atom. The maximum absolute atomic E-state index is 12.0. The summed E-state index contributed by atoms with van der Waals surface area (Å²) in [5.74, 6) is -0.141. The molecule has 94 valence electrons. The van der Waals surface area contributed by atoms with Crippen LogP contribution in [-0.2, 0) is 0 Å². The van der Waals surface area contributed by atoms with Gasteiger partial charge in [-0.05, 0) is 53.6 Å². The molecule has 1 aromatic carbocycles. The van der Waals surface area contributed by atoms with Gasteiger partial charge in [0.2, 0.25) is 0 Å². The molecule has 2 N–H and O–H groups in total. The van der Waals surface area contributed by atoms with Crippen molar-refractivity contribution in [2.45, 2.75) is 25.8 Å². The van der Waals surface area contributed by atoms with Crippen molar-refractivity contribution in [1.29, 1.82) is 0 Å². The number of aliphatic hydroxyl groups excluding tert-OH is 1. The molecule has 1 unspecified atom stereocenters. The number of aliphatic hydroxyl groups is 1. The van der Waals surface area contributed by atoms with Gasteiger partial charge in [0.05, 0.1) is 5.56 Å². The smallest absolute Gasteiger partial charge is 0.252 e. The summed E-state index contributed by atoms with van der Waals surface area (Å²) in [6, 6.07) is 5.22. The minimum absolute atomic E-state index is 0.00211. The molecule has 1 rings (SSSR count). The van der Waals surface area contributed by atoms with Gasteiger partial charge in [0, 0.05) is 21.2 Å². The van der Waals surface area contributed by atoms with Crippen LogP contribution in [-0.4, -0.2) is 23.7 Å². The summed E-state index contributed by atoms with van der Waals surface area (Å²) in [6.07, 6.45) is 1.36. The number of rotatable bonds is 5. The lowest BCUT2D eigenvalue weighted by Gasteiger charge is -2.16. The van der Waals surface area contributed by atoms with Crippen LogP contribution in [0.4, 0.5) is 0 Å². The van der Waals surface area contributed by atoms with E-state index in [9.17, 15) is 4.79 Å². The third kappa shape index (κ3) is 4.44. The quantitative estimate of drug-likeness (QED) is 0.786. The molecule has 3 nitrogen and oxygen atoms in total. The second-order valence-corrected chi connectivity index (χ2v) is 5.31. The Morgan fingerprint density at radius 3 is 2.88 bits per heavy atom. The Morgan fingerprint density at radius 2 is 2.29 bits per heavy atom. The molecule has 17 heavy (non-hydrogen) atoms. The average Bonchev–Trinajstić information content (AvgIpc) is 2.31. The van der Waals surface area contributed by atoms with Gasteiger partial charge in [-0.15, -0.1) is 0 Å². The Kier molecular flexibility index (Phi) is 6.22. The molecule has 0 bridgehead atoms. The first kappa shape index (κ1) is 14.7. The minimum atomic E-state index is -0.141. The van der Waals surface area contributed by atoms with Crippen LogP contribution < -0.4 is 5.32 Å². The summed E-state index contributed by atoms with van der Waals surface area (Å²) in [5, 5.41) is 12.3. The minimum Gasteiger partial charge on any atom is -0.396 e. The van der Waals surface area contributed by atoms with Gasteiger partial charge in [-0.2, -0.15) is 0 Å². The van der Waals surface area contributed by atoms with Crippen molar-refractivity contribution in [3.8, 4) is 0 Å². The van der Waals surface area contributed by atoms with Gasteiger partial charge in [0.25, 0.3) is 5.91 Å². The van der Waals surface area contributed by atoms with Gasteiger partial charge >= 0.3 is 0 Å². The number of hydrogen-bond donors (Lipinski definition) is 2. The Balaban J connectivity index is 2.78. The Bertz CT molecular complexity index is 398. The van der Waals surface area contributed by atoms with Crippen molar-refractivity contribution in [1.82, 2.24) is 5.32 Å². The molecular formula is C12H15ClINO2. The van der Waals surface area contributed by atoms with Crippen LogP contribution in [0.25, 0.3) is 0 Å². The monoisotopic (exact) mass is 367 g/mol. The lowest BCUT2D eigenvalue weighted by atomic mass is 10.1. The maximum atomic E-state index is 12.0. The van der Waals surface area contributed by atoms with Crippen molar-refractivity contribution in [3.05, 3.63) is 32.4 Å². The van der Waals surface area contributed by atoms with Crippen LogP contribution in [0.3, 0.4) is 0 Å². The van der Waals surface area contributed by atoms with Gasteiger partial charge in [-0.1, -0.05) is 18.5 Å². The fourth-order valence-corrected chi connectivity index (χ4v) is 2.22. The molecule has 0 saturated carbocycles. The van der Waals surface area contributed by atoms with Gasteiger partial charge < -0.3 is 10.4 Å². The van der Waals surface area contributed by atoms with E-state index in [2.05, 4.69) is 27.9 Å². The number of hydrogen-bond acceptors (Lipinski definition) is 2.